The maximum atomic E-state index is 12.1. The summed E-state index contributed by atoms with van der Waals surface area (Å²) in [5.41, 5.74) is 0. The van der Waals surface area contributed by atoms with E-state index in [0.717, 1.165) is 38.1 Å². The molecule has 2 unspecified atom stereocenters. The Labute approximate surface area is 119 Å². The minimum Gasteiger partial charge on any atom is -0.480 e. The van der Waals surface area contributed by atoms with Crippen LogP contribution >= 0.6 is 11.8 Å². The molecule has 5 nitrogen and oxygen atoms in total. The van der Waals surface area contributed by atoms with Crippen molar-refractivity contribution in [2.75, 3.05) is 25.1 Å². The summed E-state index contributed by atoms with van der Waals surface area (Å²) < 4.78 is 0. The molecule has 19 heavy (non-hydrogen) atoms. The van der Waals surface area contributed by atoms with Crippen LogP contribution in [0.15, 0.2) is 0 Å². The molecule has 1 saturated heterocycles. The largest absolute Gasteiger partial charge is 0.480 e. The maximum Gasteiger partial charge on any atom is 0.326 e. The fraction of sp³-hybridized carbons (Fsp3) is 0.846. The molecule has 1 fully saturated rings. The van der Waals surface area contributed by atoms with Crippen LogP contribution in [0, 0.1) is 5.92 Å². The number of hydrogen-bond donors (Lipinski definition) is 2. The van der Waals surface area contributed by atoms with E-state index in [1.807, 2.05) is 6.26 Å². The molecule has 0 aromatic heterocycles. The molecule has 0 aromatic carbocycles. The number of rotatable bonds is 6. The SMILES string of the molecule is CCC1CCCN(C(=O)NC(CCSC)C(=O)O)C1. The first-order valence-corrected chi connectivity index (χ1v) is 8.25. The second-order valence-corrected chi connectivity index (χ2v) is 5.97. The Balaban J connectivity index is 2.48. The van der Waals surface area contributed by atoms with Gasteiger partial charge in [-0.2, -0.15) is 11.8 Å². The van der Waals surface area contributed by atoms with Gasteiger partial charge in [0.05, 0.1) is 0 Å². The minimum atomic E-state index is -0.952. The van der Waals surface area contributed by atoms with E-state index in [-0.39, 0.29) is 6.03 Å². The van der Waals surface area contributed by atoms with Crippen LogP contribution in [-0.2, 0) is 4.79 Å². The normalized spacial score (nSPS) is 20.9. The van der Waals surface area contributed by atoms with Crippen molar-refractivity contribution in [3.05, 3.63) is 0 Å². The summed E-state index contributed by atoms with van der Waals surface area (Å²) in [5.74, 6) is 0.329. The van der Waals surface area contributed by atoms with E-state index in [9.17, 15) is 9.59 Å². The van der Waals surface area contributed by atoms with Crippen LogP contribution in [0.4, 0.5) is 4.79 Å². The zero-order valence-electron chi connectivity index (χ0n) is 11.7. The van der Waals surface area contributed by atoms with Crippen molar-refractivity contribution in [1.82, 2.24) is 10.2 Å². The number of likely N-dealkylation sites (tertiary alicyclic amines) is 1. The molecule has 1 heterocycles. The Morgan fingerprint density at radius 2 is 2.26 bits per heavy atom. The highest BCUT2D eigenvalue weighted by molar-refractivity contribution is 7.98. The van der Waals surface area contributed by atoms with Crippen molar-refractivity contribution in [3.63, 3.8) is 0 Å². The van der Waals surface area contributed by atoms with Gasteiger partial charge >= 0.3 is 12.0 Å². The Hall–Kier alpha value is -0.910. The van der Waals surface area contributed by atoms with E-state index >= 15 is 0 Å². The smallest absolute Gasteiger partial charge is 0.326 e. The summed E-state index contributed by atoms with van der Waals surface area (Å²) in [4.78, 5) is 24.9. The van der Waals surface area contributed by atoms with Crippen molar-refractivity contribution in [2.24, 2.45) is 5.92 Å². The first-order valence-electron chi connectivity index (χ1n) is 6.85. The number of hydrogen-bond acceptors (Lipinski definition) is 3. The number of carboxylic acids is 1. The molecule has 0 radical (unpaired) electrons. The number of nitrogens with one attached hydrogen (secondary N) is 1. The van der Waals surface area contributed by atoms with Gasteiger partial charge in [0.1, 0.15) is 6.04 Å². The molecule has 0 saturated carbocycles. The van der Waals surface area contributed by atoms with Crippen LogP contribution in [0.25, 0.3) is 0 Å². The fourth-order valence-electron chi connectivity index (χ4n) is 2.32. The average molecular weight is 288 g/mol. The van der Waals surface area contributed by atoms with E-state index in [1.54, 1.807) is 16.7 Å². The number of carbonyl (C=O) groups excluding carboxylic acids is 1. The zero-order valence-corrected chi connectivity index (χ0v) is 12.5. The third-order valence-electron chi connectivity index (χ3n) is 3.59. The van der Waals surface area contributed by atoms with Crippen molar-refractivity contribution in [1.29, 1.82) is 0 Å². The first kappa shape index (κ1) is 16.1. The Morgan fingerprint density at radius 3 is 2.84 bits per heavy atom. The van der Waals surface area contributed by atoms with Gasteiger partial charge in [-0.15, -0.1) is 0 Å². The minimum absolute atomic E-state index is 0.230. The predicted molar refractivity (Wildman–Crippen MR) is 77.5 cm³/mol. The number of carbonyl (C=O) groups is 2. The van der Waals surface area contributed by atoms with Gasteiger partial charge in [0.2, 0.25) is 0 Å². The summed E-state index contributed by atoms with van der Waals surface area (Å²) in [6, 6.07) is -1.01. The lowest BCUT2D eigenvalue weighted by Gasteiger charge is -2.33. The number of nitrogens with zero attached hydrogens (tertiary/aromatic N) is 1. The van der Waals surface area contributed by atoms with E-state index in [2.05, 4.69) is 12.2 Å². The van der Waals surface area contributed by atoms with Crippen LogP contribution in [-0.4, -0.2) is 53.1 Å². The standard InChI is InChI=1S/C13H24N2O3S/c1-3-10-5-4-7-15(9-10)13(18)14-11(12(16)17)6-8-19-2/h10-11H,3-9H2,1-2H3,(H,14,18)(H,16,17). The van der Waals surface area contributed by atoms with E-state index < -0.39 is 12.0 Å². The summed E-state index contributed by atoms with van der Waals surface area (Å²) >= 11 is 1.59. The van der Waals surface area contributed by atoms with E-state index in [0.29, 0.717) is 12.3 Å². The van der Waals surface area contributed by atoms with Gasteiger partial charge < -0.3 is 15.3 Å². The lowest BCUT2D eigenvalue weighted by Crippen LogP contribution is -2.50. The molecule has 6 heteroatoms. The number of thioether (sulfide) groups is 1. The lowest BCUT2D eigenvalue weighted by atomic mass is 9.96. The molecule has 1 rings (SSSR count). The van der Waals surface area contributed by atoms with Crippen LogP contribution in [0.1, 0.15) is 32.6 Å². The number of aliphatic carboxylic acids is 1. The van der Waals surface area contributed by atoms with Crippen LogP contribution in [0.5, 0.6) is 0 Å². The highest BCUT2D eigenvalue weighted by atomic mass is 32.2. The van der Waals surface area contributed by atoms with E-state index in [1.165, 1.54) is 0 Å². The molecule has 1 aliphatic heterocycles. The number of amides is 2. The average Bonchev–Trinajstić information content (AvgIpc) is 2.42. The molecule has 0 spiro atoms. The second-order valence-electron chi connectivity index (χ2n) is 4.98. The Morgan fingerprint density at radius 1 is 1.53 bits per heavy atom. The number of piperidine rings is 1. The Bertz CT molecular complexity index is 312. The van der Waals surface area contributed by atoms with Gasteiger partial charge in [-0.25, -0.2) is 9.59 Å². The van der Waals surface area contributed by atoms with Crippen molar-refractivity contribution < 1.29 is 14.7 Å². The van der Waals surface area contributed by atoms with Crippen LogP contribution < -0.4 is 5.32 Å². The number of carboxylic acid groups (broad SMARTS) is 1. The zero-order chi connectivity index (χ0) is 14.3. The molecule has 110 valence electrons. The topological polar surface area (TPSA) is 69.6 Å². The van der Waals surface area contributed by atoms with E-state index in [4.69, 9.17) is 5.11 Å². The summed E-state index contributed by atoms with van der Waals surface area (Å²) in [6.45, 7) is 3.61. The molecular formula is C13H24N2O3S. The first-order chi connectivity index (χ1) is 9.08. The second kappa shape index (κ2) is 8.30. The third-order valence-corrected chi connectivity index (χ3v) is 4.23. The van der Waals surface area contributed by atoms with Crippen molar-refractivity contribution in [2.45, 2.75) is 38.6 Å². The third kappa shape index (κ3) is 5.30. The van der Waals surface area contributed by atoms with Crippen LogP contribution in [0.3, 0.4) is 0 Å². The Kier molecular flexibility index (Phi) is 7.05. The molecule has 2 amide bonds. The van der Waals surface area contributed by atoms with Gasteiger partial charge in [-0.05, 0) is 37.2 Å². The van der Waals surface area contributed by atoms with Gasteiger partial charge in [-0.3, -0.25) is 0 Å². The molecule has 1 aliphatic rings. The quantitative estimate of drug-likeness (QED) is 0.784. The number of urea groups is 1. The fourth-order valence-corrected chi connectivity index (χ4v) is 2.79. The van der Waals surface area contributed by atoms with Crippen LogP contribution in [0.2, 0.25) is 0 Å². The predicted octanol–water partition coefficient (Wildman–Crippen LogP) is 2.02. The molecule has 2 N–H and O–H groups in total. The molecular weight excluding hydrogens is 264 g/mol. The van der Waals surface area contributed by atoms with Gasteiger partial charge in [0, 0.05) is 13.1 Å². The highest BCUT2D eigenvalue weighted by Crippen LogP contribution is 2.19. The van der Waals surface area contributed by atoms with Gasteiger partial charge in [0.15, 0.2) is 0 Å². The van der Waals surface area contributed by atoms with Gasteiger partial charge in [0.25, 0.3) is 0 Å². The van der Waals surface area contributed by atoms with Gasteiger partial charge in [-0.1, -0.05) is 13.3 Å². The molecule has 0 aromatic rings. The molecule has 0 aliphatic carbocycles. The highest BCUT2D eigenvalue weighted by Gasteiger charge is 2.26. The maximum absolute atomic E-state index is 12.1. The van der Waals surface area contributed by atoms with Crippen molar-refractivity contribution in [3.8, 4) is 0 Å². The van der Waals surface area contributed by atoms with Crippen molar-refractivity contribution >= 4 is 23.8 Å². The summed E-state index contributed by atoms with van der Waals surface area (Å²) in [7, 11) is 0. The lowest BCUT2D eigenvalue weighted by molar-refractivity contribution is -0.139. The monoisotopic (exact) mass is 288 g/mol. The molecule has 2 atom stereocenters. The summed E-state index contributed by atoms with van der Waals surface area (Å²) in [6.07, 6.45) is 5.63. The summed E-state index contributed by atoms with van der Waals surface area (Å²) in [5, 5.41) is 11.7. The molecule has 0 bridgehead atoms.